The Morgan fingerprint density at radius 1 is 1.14 bits per heavy atom. The second kappa shape index (κ2) is 9.94. The molecule has 0 radical (unpaired) electrons. The lowest BCUT2D eigenvalue weighted by Crippen LogP contribution is -2.23. The highest BCUT2D eigenvalue weighted by molar-refractivity contribution is 9.10. The largest absolute Gasteiger partial charge is 0.479 e. The van der Waals surface area contributed by atoms with Gasteiger partial charge in [0.05, 0.1) is 27.2 Å². The minimum absolute atomic E-state index is 0.0599. The van der Waals surface area contributed by atoms with Crippen LogP contribution in [0.4, 0.5) is 13.2 Å². The second-order valence-corrected chi connectivity index (χ2v) is 8.54. The molecule has 0 saturated carbocycles. The molecule has 4 aromatic rings. The summed E-state index contributed by atoms with van der Waals surface area (Å²) in [4.78, 5) is 28.7. The van der Waals surface area contributed by atoms with Gasteiger partial charge in [0.15, 0.2) is 11.9 Å². The number of ether oxygens (including phenoxy) is 1. The van der Waals surface area contributed by atoms with Crippen LogP contribution in [0.2, 0.25) is 0 Å². The van der Waals surface area contributed by atoms with Crippen molar-refractivity contribution in [1.82, 2.24) is 9.66 Å². The first-order valence-electron chi connectivity index (χ1n) is 10.5. The zero-order valence-corrected chi connectivity index (χ0v) is 20.1. The summed E-state index contributed by atoms with van der Waals surface area (Å²) in [5.41, 5.74) is -0.547. The number of carbonyl (C=O) groups is 1. The quantitative estimate of drug-likeness (QED) is 0.311. The molecule has 0 saturated heterocycles. The number of carboxylic acid groups (broad SMARTS) is 1. The van der Waals surface area contributed by atoms with Crippen LogP contribution in [0.1, 0.15) is 18.1 Å². The highest BCUT2D eigenvalue weighted by atomic mass is 79.9. The van der Waals surface area contributed by atoms with Crippen molar-refractivity contribution in [3.63, 3.8) is 0 Å². The summed E-state index contributed by atoms with van der Waals surface area (Å²) < 4.78 is 46.7. The summed E-state index contributed by atoms with van der Waals surface area (Å²) in [6.07, 6.45) is -4.31. The van der Waals surface area contributed by atoms with Crippen LogP contribution in [0.25, 0.3) is 22.3 Å². The zero-order valence-electron chi connectivity index (χ0n) is 18.5. The van der Waals surface area contributed by atoms with Gasteiger partial charge in [-0.15, -0.1) is 0 Å². The number of nitrogens with zero attached hydrogens (tertiary/aromatic N) is 3. The minimum Gasteiger partial charge on any atom is -0.479 e. The van der Waals surface area contributed by atoms with Gasteiger partial charge in [0, 0.05) is 5.56 Å². The summed E-state index contributed by atoms with van der Waals surface area (Å²) in [5, 5.41) is 13.5. The third-order valence-electron chi connectivity index (χ3n) is 5.13. The number of carboxylic acids is 1. The topological polar surface area (TPSA) is 93.8 Å². The molecule has 0 aliphatic carbocycles. The third kappa shape index (κ3) is 5.30. The van der Waals surface area contributed by atoms with Crippen molar-refractivity contribution in [1.29, 1.82) is 0 Å². The van der Waals surface area contributed by atoms with Gasteiger partial charge >= 0.3 is 12.1 Å². The molecule has 1 aromatic heterocycles. The molecule has 4 rings (SSSR count). The number of para-hydroxylation sites is 1. The second-order valence-electron chi connectivity index (χ2n) is 7.68. The fourth-order valence-corrected chi connectivity index (χ4v) is 3.80. The van der Waals surface area contributed by atoms with Crippen molar-refractivity contribution in [2.24, 2.45) is 5.10 Å². The molecule has 1 heterocycles. The molecule has 0 bridgehead atoms. The van der Waals surface area contributed by atoms with Crippen LogP contribution in [-0.2, 0) is 11.0 Å². The van der Waals surface area contributed by atoms with E-state index in [2.05, 4.69) is 26.0 Å². The number of fused-ring (bicyclic) bond motifs is 1. The third-order valence-corrected chi connectivity index (χ3v) is 5.75. The Kier molecular flexibility index (Phi) is 6.93. The molecule has 184 valence electrons. The van der Waals surface area contributed by atoms with Gasteiger partial charge in [0.2, 0.25) is 0 Å². The van der Waals surface area contributed by atoms with E-state index in [0.29, 0.717) is 15.6 Å². The van der Waals surface area contributed by atoms with Gasteiger partial charge in [0.1, 0.15) is 5.75 Å². The van der Waals surface area contributed by atoms with E-state index in [1.807, 2.05) is 0 Å². The van der Waals surface area contributed by atoms with Gasteiger partial charge in [0.25, 0.3) is 5.56 Å². The number of halogens is 4. The molecule has 0 fully saturated rings. The molecule has 0 amide bonds. The molecule has 7 nitrogen and oxygen atoms in total. The first kappa shape index (κ1) is 25.1. The molecule has 11 heteroatoms. The van der Waals surface area contributed by atoms with Gasteiger partial charge in [-0.05, 0) is 70.9 Å². The predicted molar refractivity (Wildman–Crippen MR) is 131 cm³/mol. The number of hydrogen-bond donors (Lipinski definition) is 1. The number of hydrogen-bond acceptors (Lipinski definition) is 5. The van der Waals surface area contributed by atoms with Crippen molar-refractivity contribution in [3.05, 3.63) is 92.7 Å². The maximum Gasteiger partial charge on any atom is 0.416 e. The fourth-order valence-electron chi connectivity index (χ4n) is 3.31. The van der Waals surface area contributed by atoms with Crippen LogP contribution in [0, 0.1) is 0 Å². The number of rotatable bonds is 6. The van der Waals surface area contributed by atoms with Crippen LogP contribution in [0.15, 0.2) is 81.1 Å². The van der Waals surface area contributed by atoms with Gasteiger partial charge in [-0.25, -0.2) is 9.78 Å². The molecular formula is C25H17BrF3N3O4. The smallest absolute Gasteiger partial charge is 0.416 e. The summed E-state index contributed by atoms with van der Waals surface area (Å²) in [6, 6.07) is 15.7. The molecule has 36 heavy (non-hydrogen) atoms. The maximum absolute atomic E-state index is 13.3. The Morgan fingerprint density at radius 3 is 2.58 bits per heavy atom. The lowest BCUT2D eigenvalue weighted by Gasteiger charge is -2.13. The normalized spacial score (nSPS) is 12.7. The van der Waals surface area contributed by atoms with Crippen molar-refractivity contribution in [2.75, 3.05) is 0 Å². The highest BCUT2D eigenvalue weighted by Crippen LogP contribution is 2.32. The van der Waals surface area contributed by atoms with Crippen LogP contribution < -0.4 is 10.3 Å². The van der Waals surface area contributed by atoms with Crippen molar-refractivity contribution < 1.29 is 27.8 Å². The number of aliphatic carboxylic acids is 1. The van der Waals surface area contributed by atoms with Gasteiger partial charge in [-0.3, -0.25) is 4.79 Å². The van der Waals surface area contributed by atoms with E-state index in [1.165, 1.54) is 31.3 Å². The molecule has 0 aliphatic rings. The van der Waals surface area contributed by atoms with E-state index < -0.39 is 29.4 Å². The monoisotopic (exact) mass is 559 g/mol. The molecular weight excluding hydrogens is 543 g/mol. The Labute approximate surface area is 210 Å². The summed E-state index contributed by atoms with van der Waals surface area (Å²) in [5.74, 6) is -0.899. The molecule has 0 aliphatic heterocycles. The lowest BCUT2D eigenvalue weighted by molar-refractivity contribution is -0.144. The molecule has 0 unspecified atom stereocenters. The number of benzene rings is 3. The summed E-state index contributed by atoms with van der Waals surface area (Å²) in [7, 11) is 0. The summed E-state index contributed by atoms with van der Waals surface area (Å²) in [6.45, 7) is 1.39. The maximum atomic E-state index is 13.3. The Hall–Kier alpha value is -3.99. The van der Waals surface area contributed by atoms with E-state index in [1.54, 1.807) is 36.4 Å². The van der Waals surface area contributed by atoms with Crippen molar-refractivity contribution in [2.45, 2.75) is 19.2 Å². The molecule has 3 aromatic carbocycles. The first-order valence-corrected chi connectivity index (χ1v) is 11.3. The van der Waals surface area contributed by atoms with E-state index in [4.69, 9.17) is 9.84 Å². The molecule has 1 N–H and O–H groups in total. The van der Waals surface area contributed by atoms with E-state index in [9.17, 15) is 22.8 Å². The van der Waals surface area contributed by atoms with E-state index in [-0.39, 0.29) is 22.5 Å². The molecule has 0 spiro atoms. The van der Waals surface area contributed by atoms with Crippen molar-refractivity contribution >= 4 is 39.0 Å². The van der Waals surface area contributed by atoms with Crippen LogP contribution in [0.3, 0.4) is 0 Å². The van der Waals surface area contributed by atoms with Gasteiger partial charge in [-0.1, -0.05) is 24.3 Å². The summed E-state index contributed by atoms with van der Waals surface area (Å²) >= 11 is 3.31. The van der Waals surface area contributed by atoms with Crippen molar-refractivity contribution in [3.8, 4) is 17.1 Å². The Bertz CT molecular complexity index is 1550. The highest BCUT2D eigenvalue weighted by Gasteiger charge is 2.31. The van der Waals surface area contributed by atoms with Crippen LogP contribution in [0.5, 0.6) is 5.75 Å². The molecule has 1 atom stereocenters. The van der Waals surface area contributed by atoms with Crippen LogP contribution >= 0.6 is 15.9 Å². The van der Waals surface area contributed by atoms with Gasteiger partial charge < -0.3 is 9.84 Å². The standard InChI is InChI=1S/C25H17BrF3N3O4/c1-14(24(34)35)36-21-10-9-15(11-19(21)26)13-30-32-22(16-5-4-6-17(12-16)25(27,28)29)31-20-8-3-2-7-18(20)23(32)33/h2-14H,1H3,(H,34,35)/t14-/m0/s1. The first-order chi connectivity index (χ1) is 17.0. The average molecular weight is 560 g/mol. The van der Waals surface area contributed by atoms with E-state index in [0.717, 1.165) is 16.8 Å². The lowest BCUT2D eigenvalue weighted by atomic mass is 10.1. The SMILES string of the molecule is C[C@H](Oc1ccc(C=Nn2c(-c3cccc(C(F)(F)F)c3)nc3ccccc3c2=O)cc1Br)C(=O)O. The average Bonchev–Trinajstić information content (AvgIpc) is 2.84. The predicted octanol–water partition coefficient (Wildman–Crippen LogP) is 5.58. The number of aromatic nitrogens is 2. The Balaban J connectivity index is 1.80. The van der Waals surface area contributed by atoms with Gasteiger partial charge in [-0.2, -0.15) is 22.9 Å². The fraction of sp³-hybridized carbons (Fsp3) is 0.120. The minimum atomic E-state index is -4.57. The van der Waals surface area contributed by atoms with Crippen LogP contribution in [-0.4, -0.2) is 33.1 Å². The number of alkyl halides is 3. The zero-order chi connectivity index (χ0) is 26.0. The Morgan fingerprint density at radius 2 is 1.89 bits per heavy atom. The van der Waals surface area contributed by atoms with E-state index >= 15 is 0 Å².